The van der Waals surface area contributed by atoms with Gasteiger partial charge in [0.1, 0.15) is 23.2 Å². The van der Waals surface area contributed by atoms with E-state index in [2.05, 4.69) is 13.2 Å². The van der Waals surface area contributed by atoms with Crippen molar-refractivity contribution < 1.29 is 4.18 Å². The second-order valence-electron chi connectivity index (χ2n) is 1.44. The van der Waals surface area contributed by atoms with Crippen LogP contribution in [0.2, 0.25) is 0 Å². The Hall–Kier alpha value is 0.310. The van der Waals surface area contributed by atoms with Crippen LogP contribution in [0.5, 0.6) is 0 Å². The molecule has 44 valence electrons. The predicted molar refractivity (Wildman–Crippen MR) is 35.5 cm³/mol. The van der Waals surface area contributed by atoms with Gasteiger partial charge in [0.15, 0.2) is 0 Å². The van der Waals surface area contributed by atoms with Gasteiger partial charge in [-0.15, -0.1) is 0 Å². The molecule has 0 saturated carbocycles. The van der Waals surface area contributed by atoms with Gasteiger partial charge in [0.2, 0.25) is 0 Å². The van der Waals surface area contributed by atoms with Crippen LogP contribution in [-0.4, -0.2) is 19.1 Å². The molecular formula is C5H13OS+. The number of hydrogen-bond donors (Lipinski definition) is 0. The Kier molecular flexibility index (Phi) is 4.67. The van der Waals surface area contributed by atoms with E-state index in [0.717, 1.165) is 0 Å². The molecule has 0 radical (unpaired) electrons. The van der Waals surface area contributed by atoms with E-state index in [4.69, 9.17) is 4.18 Å². The Balaban J connectivity index is 2.83. The molecule has 0 aromatic rings. The fourth-order valence-corrected chi connectivity index (χ4v) is 1.11. The maximum absolute atomic E-state index is 5.02. The fourth-order valence-electron chi connectivity index (χ4n) is 0.371. The summed E-state index contributed by atoms with van der Waals surface area (Å²) in [6.45, 7) is 2.17. The van der Waals surface area contributed by atoms with Crippen molar-refractivity contribution >= 4 is 11.2 Å². The average molecular weight is 121 g/mol. The lowest BCUT2D eigenvalue weighted by Gasteiger charge is -1.91. The van der Waals surface area contributed by atoms with E-state index < -0.39 is 0 Å². The van der Waals surface area contributed by atoms with Crippen molar-refractivity contribution in [3.63, 3.8) is 0 Å². The summed E-state index contributed by atoms with van der Waals surface area (Å²) in [7, 11) is 1.76. The summed E-state index contributed by atoms with van der Waals surface area (Å²) in [5.74, 6) is 1.20. The summed E-state index contributed by atoms with van der Waals surface area (Å²) in [5.41, 5.74) is 0. The van der Waals surface area contributed by atoms with Gasteiger partial charge in [-0.25, -0.2) is 0 Å². The van der Waals surface area contributed by atoms with E-state index in [9.17, 15) is 0 Å². The molecule has 0 aliphatic carbocycles. The first-order valence-electron chi connectivity index (χ1n) is 2.48. The summed E-state index contributed by atoms with van der Waals surface area (Å²) in [4.78, 5) is 0. The molecule has 0 aliphatic heterocycles. The molecule has 0 aromatic heterocycles. The van der Waals surface area contributed by atoms with Crippen LogP contribution < -0.4 is 0 Å². The highest BCUT2D eigenvalue weighted by molar-refractivity contribution is 7.91. The molecule has 0 amide bonds. The van der Waals surface area contributed by atoms with Crippen molar-refractivity contribution in [2.75, 3.05) is 19.1 Å². The van der Waals surface area contributed by atoms with Crippen LogP contribution in [0.4, 0.5) is 0 Å². The summed E-state index contributed by atoms with van der Waals surface area (Å²) in [5, 5.41) is 0. The number of hydrogen-bond acceptors (Lipinski definition) is 1. The van der Waals surface area contributed by atoms with Gasteiger partial charge in [-0.3, -0.25) is 0 Å². The highest BCUT2D eigenvalue weighted by atomic mass is 32.2. The molecule has 2 heteroatoms. The van der Waals surface area contributed by atoms with Crippen LogP contribution in [0.15, 0.2) is 0 Å². The van der Waals surface area contributed by atoms with Crippen LogP contribution in [0.25, 0.3) is 0 Å². The van der Waals surface area contributed by atoms with Gasteiger partial charge < -0.3 is 0 Å². The van der Waals surface area contributed by atoms with Gasteiger partial charge in [0, 0.05) is 0 Å². The number of rotatable bonds is 3. The van der Waals surface area contributed by atoms with Crippen LogP contribution in [0, 0.1) is 0 Å². The SMILES string of the molecule is CCC[S+](C)OC. The molecule has 0 rings (SSSR count). The van der Waals surface area contributed by atoms with Gasteiger partial charge in [0.25, 0.3) is 0 Å². The Bertz CT molecular complexity index is 39.1. The highest BCUT2D eigenvalue weighted by Crippen LogP contribution is 1.92. The van der Waals surface area contributed by atoms with Gasteiger partial charge in [0.05, 0.1) is 7.11 Å². The molecule has 0 aliphatic rings. The Morgan fingerprint density at radius 2 is 2.14 bits per heavy atom. The van der Waals surface area contributed by atoms with Crippen molar-refractivity contribution in [3.8, 4) is 0 Å². The van der Waals surface area contributed by atoms with Crippen molar-refractivity contribution in [1.29, 1.82) is 0 Å². The quantitative estimate of drug-likeness (QED) is 0.510. The lowest BCUT2D eigenvalue weighted by molar-refractivity contribution is 0.475. The molecule has 0 spiro atoms. The molecule has 1 atom stereocenters. The first-order valence-corrected chi connectivity index (χ1v) is 4.21. The predicted octanol–water partition coefficient (Wildman–Crippen LogP) is 1.21. The zero-order valence-corrected chi connectivity index (χ0v) is 6.05. The first kappa shape index (κ1) is 7.31. The standard InChI is InChI=1S/C5H13OS/c1-4-5-7(3)6-2/h4-5H2,1-3H3/q+1. The molecule has 1 nitrogen and oxygen atoms in total. The third-order valence-corrected chi connectivity index (χ3v) is 2.33. The Labute approximate surface area is 48.6 Å². The van der Waals surface area contributed by atoms with Gasteiger partial charge in [-0.05, 0) is 6.42 Å². The zero-order valence-electron chi connectivity index (χ0n) is 5.23. The minimum absolute atomic E-state index is 0.223. The van der Waals surface area contributed by atoms with E-state index in [1.807, 2.05) is 0 Å². The molecule has 0 aromatic carbocycles. The third kappa shape index (κ3) is 4.16. The van der Waals surface area contributed by atoms with E-state index in [1.165, 1.54) is 12.2 Å². The highest BCUT2D eigenvalue weighted by Gasteiger charge is 2.04. The lowest BCUT2D eigenvalue weighted by Crippen LogP contribution is -2.04. The fraction of sp³-hybridized carbons (Fsp3) is 1.00. The average Bonchev–Trinajstić information content (AvgIpc) is 1.68. The lowest BCUT2D eigenvalue weighted by atomic mass is 10.6. The molecule has 0 fully saturated rings. The Morgan fingerprint density at radius 3 is 2.29 bits per heavy atom. The summed E-state index contributed by atoms with van der Waals surface area (Å²) in [6, 6.07) is 0. The maximum atomic E-state index is 5.02. The van der Waals surface area contributed by atoms with Crippen LogP contribution in [-0.2, 0) is 15.4 Å². The van der Waals surface area contributed by atoms with E-state index in [-0.39, 0.29) is 11.2 Å². The summed E-state index contributed by atoms with van der Waals surface area (Å²) < 4.78 is 5.02. The van der Waals surface area contributed by atoms with E-state index in [1.54, 1.807) is 7.11 Å². The van der Waals surface area contributed by atoms with E-state index >= 15 is 0 Å². The van der Waals surface area contributed by atoms with Crippen LogP contribution >= 0.6 is 0 Å². The topological polar surface area (TPSA) is 9.23 Å². The molecule has 7 heavy (non-hydrogen) atoms. The molecule has 0 N–H and O–H groups in total. The second kappa shape index (κ2) is 4.47. The van der Waals surface area contributed by atoms with Gasteiger partial charge in [-0.1, -0.05) is 6.92 Å². The van der Waals surface area contributed by atoms with Gasteiger partial charge in [-0.2, -0.15) is 4.18 Å². The molecule has 0 saturated heterocycles. The van der Waals surface area contributed by atoms with Crippen LogP contribution in [0.1, 0.15) is 13.3 Å². The normalized spacial score (nSPS) is 14.1. The first-order chi connectivity index (χ1) is 3.31. The summed E-state index contributed by atoms with van der Waals surface area (Å²) in [6.07, 6.45) is 3.34. The van der Waals surface area contributed by atoms with Crippen molar-refractivity contribution in [1.82, 2.24) is 0 Å². The molecule has 1 unspecified atom stereocenters. The molecule has 0 heterocycles. The van der Waals surface area contributed by atoms with Crippen molar-refractivity contribution in [2.24, 2.45) is 0 Å². The largest absolute Gasteiger partial charge is 0.178 e. The zero-order chi connectivity index (χ0) is 5.70. The van der Waals surface area contributed by atoms with Crippen molar-refractivity contribution in [3.05, 3.63) is 0 Å². The maximum Gasteiger partial charge on any atom is 0.143 e. The second-order valence-corrected chi connectivity index (χ2v) is 3.33. The smallest absolute Gasteiger partial charge is 0.143 e. The van der Waals surface area contributed by atoms with Gasteiger partial charge >= 0.3 is 0 Å². The van der Waals surface area contributed by atoms with Crippen LogP contribution in [0.3, 0.4) is 0 Å². The van der Waals surface area contributed by atoms with Crippen molar-refractivity contribution in [2.45, 2.75) is 13.3 Å². The monoisotopic (exact) mass is 121 g/mol. The van der Waals surface area contributed by atoms with E-state index in [0.29, 0.717) is 0 Å². The molecular weight excluding hydrogens is 108 g/mol. The minimum atomic E-state index is 0.223. The summed E-state index contributed by atoms with van der Waals surface area (Å²) >= 11 is 0.223. The third-order valence-electron chi connectivity index (χ3n) is 0.776. The Morgan fingerprint density at radius 1 is 1.57 bits per heavy atom. The molecule has 0 bridgehead atoms. The minimum Gasteiger partial charge on any atom is -0.178 e.